The number of hydrogen-bond donors (Lipinski definition) is 2. The van der Waals surface area contributed by atoms with E-state index in [2.05, 4.69) is 39.4 Å². The van der Waals surface area contributed by atoms with Crippen molar-refractivity contribution in [3.05, 3.63) is 18.0 Å². The van der Waals surface area contributed by atoms with Crippen LogP contribution in [-0.4, -0.2) is 84.4 Å². The highest BCUT2D eigenvalue weighted by molar-refractivity contribution is 5.92. The van der Waals surface area contributed by atoms with Crippen LogP contribution >= 0.6 is 0 Å². The van der Waals surface area contributed by atoms with E-state index in [1.54, 1.807) is 0 Å². The van der Waals surface area contributed by atoms with E-state index in [0.29, 0.717) is 24.2 Å². The molecule has 0 spiro atoms. The van der Waals surface area contributed by atoms with Gasteiger partial charge in [-0.15, -0.1) is 0 Å². The van der Waals surface area contributed by atoms with Gasteiger partial charge >= 0.3 is 0 Å². The van der Waals surface area contributed by atoms with E-state index in [-0.39, 0.29) is 5.91 Å². The molecule has 1 aromatic heterocycles. The highest BCUT2D eigenvalue weighted by Crippen LogP contribution is 2.15. The number of aromatic nitrogens is 2. The molecule has 2 N–H and O–H groups in total. The zero-order valence-corrected chi connectivity index (χ0v) is 16.3. The summed E-state index contributed by atoms with van der Waals surface area (Å²) in [5.74, 6) is 0.381. The Morgan fingerprint density at radius 2 is 2.12 bits per heavy atom. The van der Waals surface area contributed by atoms with Crippen LogP contribution in [0.25, 0.3) is 0 Å². The molecule has 0 radical (unpaired) electrons. The van der Waals surface area contributed by atoms with Crippen LogP contribution in [0.3, 0.4) is 0 Å². The Kier molecular flexibility index (Phi) is 7.05. The maximum Gasteiger partial charge on any atom is 0.271 e. The van der Waals surface area contributed by atoms with Crippen LogP contribution in [0, 0.1) is 5.92 Å². The van der Waals surface area contributed by atoms with Gasteiger partial charge in [-0.1, -0.05) is 13.8 Å². The Bertz CT molecular complexity index is 560. The SMILES string of the molecule is CCN1CCN(CC(C)CNC(=O)c2ccn(C3CCCNC3)n2)CC1. The summed E-state index contributed by atoms with van der Waals surface area (Å²) in [5.41, 5.74) is 0.527. The minimum Gasteiger partial charge on any atom is -0.350 e. The number of hydrogen-bond acceptors (Lipinski definition) is 5. The largest absolute Gasteiger partial charge is 0.350 e. The van der Waals surface area contributed by atoms with Crippen LogP contribution < -0.4 is 10.6 Å². The first-order valence-electron chi connectivity index (χ1n) is 10.1. The van der Waals surface area contributed by atoms with Crippen molar-refractivity contribution >= 4 is 5.91 Å². The molecule has 2 aliphatic rings. The third kappa shape index (κ3) is 5.28. The van der Waals surface area contributed by atoms with Gasteiger partial charge in [0.05, 0.1) is 6.04 Å². The lowest BCUT2D eigenvalue weighted by Gasteiger charge is -2.35. The van der Waals surface area contributed by atoms with Gasteiger partial charge in [-0.05, 0) is 37.9 Å². The van der Waals surface area contributed by atoms with Crippen LogP contribution in [0.5, 0.6) is 0 Å². The van der Waals surface area contributed by atoms with Crippen molar-refractivity contribution in [1.82, 2.24) is 30.2 Å². The molecular weight excluding hydrogens is 328 g/mol. The smallest absolute Gasteiger partial charge is 0.271 e. The second-order valence-electron chi connectivity index (χ2n) is 7.73. The Balaban J connectivity index is 1.40. The second-order valence-corrected chi connectivity index (χ2v) is 7.73. The van der Waals surface area contributed by atoms with Gasteiger partial charge in [-0.3, -0.25) is 9.48 Å². The Morgan fingerprint density at radius 3 is 2.81 bits per heavy atom. The monoisotopic (exact) mass is 362 g/mol. The van der Waals surface area contributed by atoms with Gasteiger partial charge in [0.1, 0.15) is 5.69 Å². The fourth-order valence-electron chi connectivity index (χ4n) is 3.87. The summed E-state index contributed by atoms with van der Waals surface area (Å²) in [7, 11) is 0. The van der Waals surface area contributed by atoms with Crippen LogP contribution in [0.15, 0.2) is 12.3 Å². The number of piperazine rings is 1. The van der Waals surface area contributed by atoms with E-state index in [1.807, 2.05) is 16.9 Å². The van der Waals surface area contributed by atoms with Crippen molar-refractivity contribution in [1.29, 1.82) is 0 Å². The fraction of sp³-hybridized carbons (Fsp3) is 0.789. The fourth-order valence-corrected chi connectivity index (χ4v) is 3.87. The van der Waals surface area contributed by atoms with Crippen LogP contribution in [0.1, 0.15) is 43.2 Å². The standard InChI is InChI=1S/C19H34N6O/c1-3-23-9-11-24(12-10-23)15-16(2)13-21-19(26)18-6-8-25(22-18)17-5-4-7-20-14-17/h6,8,16-17,20H,3-5,7,9-15H2,1-2H3,(H,21,26). The first-order chi connectivity index (χ1) is 12.7. The summed E-state index contributed by atoms with van der Waals surface area (Å²) in [6.45, 7) is 13.9. The predicted octanol–water partition coefficient (Wildman–Crippen LogP) is 0.811. The van der Waals surface area contributed by atoms with Gasteiger partial charge in [-0.2, -0.15) is 5.10 Å². The van der Waals surface area contributed by atoms with Gasteiger partial charge in [0.25, 0.3) is 5.91 Å². The molecule has 2 saturated heterocycles. The molecule has 2 aliphatic heterocycles. The molecule has 2 atom stereocenters. The van der Waals surface area contributed by atoms with Gasteiger partial charge in [-0.25, -0.2) is 0 Å². The van der Waals surface area contributed by atoms with Gasteiger partial charge < -0.3 is 20.4 Å². The minimum atomic E-state index is -0.0600. The molecule has 3 rings (SSSR count). The van der Waals surface area contributed by atoms with E-state index >= 15 is 0 Å². The van der Waals surface area contributed by atoms with Crippen molar-refractivity contribution in [2.24, 2.45) is 5.92 Å². The van der Waals surface area contributed by atoms with E-state index in [9.17, 15) is 4.79 Å². The quantitative estimate of drug-likeness (QED) is 0.752. The molecule has 7 heteroatoms. The molecule has 0 aliphatic carbocycles. The maximum atomic E-state index is 12.4. The average Bonchev–Trinajstić information content (AvgIpc) is 3.18. The van der Waals surface area contributed by atoms with Crippen LogP contribution in [0.4, 0.5) is 0 Å². The predicted molar refractivity (Wildman–Crippen MR) is 103 cm³/mol. The van der Waals surface area contributed by atoms with Crippen molar-refractivity contribution in [3.8, 4) is 0 Å². The normalized spacial score (nSPS) is 23.7. The number of amides is 1. The van der Waals surface area contributed by atoms with Crippen molar-refractivity contribution < 1.29 is 4.79 Å². The zero-order chi connectivity index (χ0) is 18.4. The highest BCUT2D eigenvalue weighted by atomic mass is 16.1. The molecule has 3 heterocycles. The summed E-state index contributed by atoms with van der Waals surface area (Å²) in [6.07, 6.45) is 4.22. The minimum absolute atomic E-state index is 0.0600. The highest BCUT2D eigenvalue weighted by Gasteiger charge is 2.20. The van der Waals surface area contributed by atoms with Crippen molar-refractivity contribution in [3.63, 3.8) is 0 Å². The molecule has 146 valence electrons. The Morgan fingerprint density at radius 1 is 1.35 bits per heavy atom. The number of piperidine rings is 1. The molecule has 0 saturated carbocycles. The van der Waals surface area contributed by atoms with E-state index in [4.69, 9.17) is 0 Å². The first-order valence-corrected chi connectivity index (χ1v) is 10.1. The van der Waals surface area contributed by atoms with Crippen LogP contribution in [0.2, 0.25) is 0 Å². The summed E-state index contributed by atoms with van der Waals surface area (Å²) in [6, 6.07) is 2.20. The lowest BCUT2D eigenvalue weighted by Crippen LogP contribution is -2.48. The summed E-state index contributed by atoms with van der Waals surface area (Å²) in [5, 5.41) is 10.9. The summed E-state index contributed by atoms with van der Waals surface area (Å²) < 4.78 is 1.94. The number of likely N-dealkylation sites (N-methyl/N-ethyl adjacent to an activating group) is 1. The Labute approximate surface area is 157 Å². The third-order valence-corrected chi connectivity index (χ3v) is 5.58. The number of nitrogens with one attached hydrogen (secondary N) is 2. The molecular formula is C19H34N6O. The first kappa shape index (κ1) is 19.3. The lowest BCUT2D eigenvalue weighted by atomic mass is 10.1. The number of carbonyl (C=O) groups excluding carboxylic acids is 1. The van der Waals surface area contributed by atoms with Crippen molar-refractivity contribution in [2.75, 3.05) is 58.9 Å². The van der Waals surface area contributed by atoms with Crippen molar-refractivity contribution in [2.45, 2.75) is 32.7 Å². The zero-order valence-electron chi connectivity index (χ0n) is 16.3. The molecule has 2 unspecified atom stereocenters. The number of carbonyl (C=O) groups is 1. The molecule has 2 fully saturated rings. The second kappa shape index (κ2) is 9.48. The molecule has 1 aromatic rings. The van der Waals surface area contributed by atoms with Gasteiger partial charge in [0.15, 0.2) is 0 Å². The average molecular weight is 363 g/mol. The van der Waals surface area contributed by atoms with E-state index in [0.717, 1.165) is 65.2 Å². The topological polar surface area (TPSA) is 65.4 Å². The number of rotatable bonds is 7. The van der Waals surface area contributed by atoms with Crippen LogP contribution in [-0.2, 0) is 0 Å². The van der Waals surface area contributed by atoms with E-state index < -0.39 is 0 Å². The molecule has 7 nitrogen and oxygen atoms in total. The third-order valence-electron chi connectivity index (χ3n) is 5.58. The summed E-state index contributed by atoms with van der Waals surface area (Å²) >= 11 is 0. The summed E-state index contributed by atoms with van der Waals surface area (Å²) in [4.78, 5) is 17.4. The van der Waals surface area contributed by atoms with Gasteiger partial charge in [0.2, 0.25) is 0 Å². The molecule has 0 bridgehead atoms. The maximum absolute atomic E-state index is 12.4. The molecule has 0 aromatic carbocycles. The number of nitrogens with zero attached hydrogens (tertiary/aromatic N) is 4. The van der Waals surface area contributed by atoms with Gasteiger partial charge in [0, 0.05) is 52.0 Å². The Hall–Kier alpha value is -1.44. The van der Waals surface area contributed by atoms with E-state index in [1.165, 1.54) is 0 Å². The molecule has 26 heavy (non-hydrogen) atoms. The molecule has 1 amide bonds. The lowest BCUT2D eigenvalue weighted by molar-refractivity contribution is 0.0927.